The molecule has 0 aliphatic heterocycles. The molecule has 2 atom stereocenters. The van der Waals surface area contributed by atoms with Crippen LogP contribution >= 0.6 is 0 Å². The average molecular weight is 1390 g/mol. The summed E-state index contributed by atoms with van der Waals surface area (Å²) in [4.78, 5) is 0. The molecule has 8 aromatic carbocycles. The predicted octanol–water partition coefficient (Wildman–Crippen LogP) is 25.8. The molecule has 1 radical (unpaired) electrons. The van der Waals surface area contributed by atoms with E-state index in [9.17, 15) is 10.2 Å². The van der Waals surface area contributed by atoms with Crippen molar-refractivity contribution in [1.29, 1.82) is 0 Å². The number of ether oxygens (including phenoxy) is 2. The Labute approximate surface area is 613 Å². The second-order valence-electron chi connectivity index (χ2n) is 37.6. The van der Waals surface area contributed by atoms with Crippen molar-refractivity contribution >= 4 is 51.7 Å². The van der Waals surface area contributed by atoms with Gasteiger partial charge in [-0.25, -0.2) is 8.78 Å². The van der Waals surface area contributed by atoms with Crippen molar-refractivity contribution < 1.29 is 54.3 Å². The van der Waals surface area contributed by atoms with Gasteiger partial charge in [-0.05, 0) is 213 Å². The van der Waals surface area contributed by atoms with Crippen LogP contribution in [0.2, 0.25) is 19.6 Å². The number of aromatic nitrogens is 2. The summed E-state index contributed by atoms with van der Waals surface area (Å²) in [5, 5.41) is 30.6. The van der Waals surface area contributed by atoms with Gasteiger partial charge in [-0.3, -0.25) is 0 Å². The Morgan fingerprint density at radius 1 is 0.384 bits per heavy atom. The standard InChI is InChI=1S/C85H104F2N2O4.C4H11Si.Sc/c1-50(92-74-35-29-58(86)46-64(74)66-42-56(84(21,22)48-78(3,4)5)44-72(76(66)90)88-68-31-25-52(80(9,10)11)38-60(68)61-39-53(81(12,13)14)26-32-69(61)88)37-51(2)93-75-36-30-59(87)47-65(75)67-43-57(85(23,24)49-79(6,7)8)45-73(77(67)91)89-70-33-27-54(82(15,16)17)40-62(70)63-41-55(83(18,19)20)28-34-71(63)89;1-5(2,3)4;/h25-36,38-47,50-51,90-91H,37,48-49H2,1-24H3;1H2,2-4H3;/q;-1;/t50-,51+;;. The van der Waals surface area contributed by atoms with Crippen LogP contribution in [0.4, 0.5) is 8.78 Å². The van der Waals surface area contributed by atoms with Gasteiger partial charge in [-0.15, -0.1) is 8.07 Å². The van der Waals surface area contributed by atoms with E-state index in [1.165, 1.54) is 46.5 Å². The van der Waals surface area contributed by atoms with Crippen molar-refractivity contribution in [1.82, 2.24) is 9.13 Å². The molecular formula is C89H115F2N2O4ScSi-. The van der Waals surface area contributed by atoms with Gasteiger partial charge in [0.1, 0.15) is 34.6 Å². The second kappa shape index (κ2) is 27.7. The van der Waals surface area contributed by atoms with E-state index in [2.05, 4.69) is 273 Å². The van der Waals surface area contributed by atoms with Crippen molar-refractivity contribution in [3.63, 3.8) is 0 Å². The fraction of sp³-hybridized carbons (Fsp3) is 0.449. The number of nitrogens with zero attached hydrogens (tertiary/aromatic N) is 2. The van der Waals surface area contributed by atoms with Crippen LogP contribution in [0.1, 0.15) is 219 Å². The van der Waals surface area contributed by atoms with E-state index in [0.717, 1.165) is 67.6 Å². The van der Waals surface area contributed by atoms with Gasteiger partial charge in [0.05, 0.1) is 45.6 Å². The minimum absolute atomic E-state index is 0. The number of benzene rings is 8. The molecule has 6 nitrogen and oxygen atoms in total. The summed E-state index contributed by atoms with van der Waals surface area (Å²) >= 11 is 0. The Morgan fingerprint density at radius 3 is 0.889 bits per heavy atom. The summed E-state index contributed by atoms with van der Waals surface area (Å²) in [5.41, 5.74) is 12.3. The van der Waals surface area contributed by atoms with E-state index in [1.54, 1.807) is 12.1 Å². The Balaban J connectivity index is 0.00000201. The molecular weight excluding hydrogens is 1270 g/mol. The average Bonchev–Trinajstić information content (AvgIpc) is 1.61. The summed E-state index contributed by atoms with van der Waals surface area (Å²) < 4.78 is 50.5. The molecule has 99 heavy (non-hydrogen) atoms. The molecule has 0 aliphatic rings. The first-order valence-corrected chi connectivity index (χ1v) is 39.2. The Morgan fingerprint density at radius 2 is 0.646 bits per heavy atom. The van der Waals surface area contributed by atoms with Crippen molar-refractivity contribution in [2.45, 2.75) is 250 Å². The van der Waals surface area contributed by atoms with Crippen molar-refractivity contribution in [3.05, 3.63) is 185 Å². The third-order valence-electron chi connectivity index (χ3n) is 18.9. The fourth-order valence-corrected chi connectivity index (χ4v) is 14.7. The molecule has 0 saturated heterocycles. The number of hydrogen-bond acceptors (Lipinski definition) is 4. The minimum atomic E-state index is -0.861. The normalized spacial score (nSPS) is 13.8. The zero-order valence-corrected chi connectivity index (χ0v) is 67.9. The van der Waals surface area contributed by atoms with Crippen LogP contribution in [0.5, 0.6) is 23.0 Å². The zero-order valence-electron chi connectivity index (χ0n) is 65.1. The molecule has 2 aromatic heterocycles. The molecule has 0 spiro atoms. The summed E-state index contributed by atoms with van der Waals surface area (Å²) in [7, 11) is -0.861. The van der Waals surface area contributed by atoms with Crippen LogP contribution < -0.4 is 9.47 Å². The van der Waals surface area contributed by atoms with E-state index in [0.29, 0.717) is 51.5 Å². The van der Waals surface area contributed by atoms with Crippen molar-refractivity contribution in [2.24, 2.45) is 10.8 Å². The summed E-state index contributed by atoms with van der Waals surface area (Å²) in [6.45, 7) is 63.7. The van der Waals surface area contributed by atoms with E-state index < -0.39 is 31.9 Å². The maximum atomic E-state index is 16.1. The fourth-order valence-electron chi connectivity index (χ4n) is 14.7. The van der Waals surface area contributed by atoms with Crippen LogP contribution in [0.25, 0.3) is 77.2 Å². The predicted molar refractivity (Wildman–Crippen MR) is 418 cm³/mol. The Bertz CT molecular complexity index is 4190. The van der Waals surface area contributed by atoms with Gasteiger partial charge < -0.3 is 35.4 Å². The van der Waals surface area contributed by atoms with Gasteiger partial charge in [0, 0.05) is 76.1 Å². The minimum Gasteiger partial charge on any atom is -0.505 e. The topological polar surface area (TPSA) is 68.8 Å². The van der Waals surface area contributed by atoms with Crippen molar-refractivity contribution in [3.8, 4) is 56.6 Å². The Kier molecular flexibility index (Phi) is 21.9. The Hall–Kier alpha value is -6.49. The largest absolute Gasteiger partial charge is 0.505 e. The molecule has 0 saturated carbocycles. The maximum absolute atomic E-state index is 16.1. The number of hydrogen-bond donors (Lipinski definition) is 2. The molecule has 0 unspecified atom stereocenters. The van der Waals surface area contributed by atoms with Gasteiger partial charge in [-0.2, -0.15) is 0 Å². The molecule has 0 bridgehead atoms. The molecule has 10 rings (SSSR count). The number of halogens is 2. The quantitative estimate of drug-likeness (QED) is 0.0841. The smallest absolute Gasteiger partial charge is 0.147 e. The van der Waals surface area contributed by atoms with Crippen LogP contribution in [0.15, 0.2) is 133 Å². The monoisotopic (exact) mass is 1390 g/mol. The van der Waals surface area contributed by atoms with E-state index in [1.807, 2.05) is 26.0 Å². The van der Waals surface area contributed by atoms with Crippen LogP contribution in [0, 0.1) is 29.0 Å². The van der Waals surface area contributed by atoms with Crippen molar-refractivity contribution in [2.75, 3.05) is 0 Å². The van der Waals surface area contributed by atoms with Gasteiger partial charge >= 0.3 is 0 Å². The molecule has 2 heterocycles. The zero-order chi connectivity index (χ0) is 72.9. The van der Waals surface area contributed by atoms with Gasteiger partial charge in [-0.1, -0.05) is 196 Å². The van der Waals surface area contributed by atoms with Crippen LogP contribution in [0.3, 0.4) is 0 Å². The van der Waals surface area contributed by atoms with Crippen LogP contribution in [-0.2, 0) is 58.3 Å². The first-order valence-electron chi connectivity index (χ1n) is 35.5. The number of rotatable bonds is 14. The maximum Gasteiger partial charge on any atom is 0.147 e. The van der Waals surface area contributed by atoms with Gasteiger partial charge in [0.25, 0.3) is 0 Å². The molecule has 527 valence electrons. The number of phenols is 2. The first-order chi connectivity index (χ1) is 44.8. The third kappa shape index (κ3) is 17.7. The van der Waals surface area contributed by atoms with Crippen LogP contribution in [-0.4, -0.2) is 39.6 Å². The van der Waals surface area contributed by atoms with E-state index in [-0.39, 0.29) is 80.7 Å². The first kappa shape index (κ1) is 78.2. The third-order valence-corrected chi connectivity index (χ3v) is 18.9. The van der Waals surface area contributed by atoms with E-state index in [4.69, 9.17) is 9.47 Å². The number of phenolic OH excluding ortho intramolecular Hbond substituents is 2. The summed E-state index contributed by atoms with van der Waals surface area (Å²) in [6, 6.07) is 44.0. The number of fused-ring (bicyclic) bond motifs is 6. The molecule has 10 aromatic rings. The molecule has 10 heteroatoms. The molecule has 0 amide bonds. The molecule has 0 aliphatic carbocycles. The van der Waals surface area contributed by atoms with Gasteiger partial charge in [0.15, 0.2) is 0 Å². The summed E-state index contributed by atoms with van der Waals surface area (Å²) in [6.07, 6.45) is 1.02. The number of aromatic hydroxyl groups is 2. The van der Waals surface area contributed by atoms with E-state index >= 15 is 8.78 Å². The molecule has 2 N–H and O–H groups in total. The second-order valence-corrected chi connectivity index (χ2v) is 42.7. The SMILES string of the molecule is C[C@H](C[C@H](C)Oc1ccc(F)cc1-c1cc(C(C)(C)CC(C)(C)C)cc(-n2c3ccc(C(C)(C)C)cc3c3cc(C(C)(C)C)ccc32)c1O)Oc1ccc(F)cc1-c1cc(C(C)(C)CC(C)(C)C)cc(-n2c3ccc(C(C)(C)C)cc3c3cc(C(C)(C)C)ccc32)c1O.[CH2-][Si](C)(C)C.[Sc]. The molecule has 0 fully saturated rings. The summed E-state index contributed by atoms with van der Waals surface area (Å²) in [5.74, 6) is -0.115. The van der Waals surface area contributed by atoms with Gasteiger partial charge in [0.2, 0.25) is 0 Å².